The normalized spacial score (nSPS) is 13.2. The van der Waals surface area contributed by atoms with E-state index < -0.39 is 9.28 Å². The van der Waals surface area contributed by atoms with Crippen LogP contribution >= 0.6 is 0 Å². The number of ether oxygens (including phenoxy) is 1. The first-order chi connectivity index (χ1) is 6.35. The molecule has 0 amide bonds. The van der Waals surface area contributed by atoms with Crippen LogP contribution in [0.2, 0.25) is 6.04 Å². The summed E-state index contributed by atoms with van der Waals surface area (Å²) < 4.78 is 16.1. The lowest BCUT2D eigenvalue weighted by atomic mass is 10.4. The third-order valence-corrected chi connectivity index (χ3v) is 3.61. The zero-order valence-electron chi connectivity index (χ0n) is 9.04. The molecule has 0 saturated carbocycles. The lowest BCUT2D eigenvalue weighted by molar-refractivity contribution is 0.121. The fraction of sp³-hybridized carbons (Fsp3) is 1.00. The molecule has 0 rings (SSSR count). The molecule has 13 heavy (non-hydrogen) atoms. The van der Waals surface area contributed by atoms with E-state index in [-0.39, 0.29) is 0 Å². The van der Waals surface area contributed by atoms with Gasteiger partial charge in [-0.1, -0.05) is 20.3 Å². The largest absolute Gasteiger partial charge is 0.397 e. The Bertz CT molecular complexity index is 90.9. The second kappa shape index (κ2) is 10.2. The van der Waals surface area contributed by atoms with Crippen molar-refractivity contribution in [2.45, 2.75) is 32.7 Å². The molecule has 80 valence electrons. The van der Waals surface area contributed by atoms with E-state index in [0.29, 0.717) is 13.2 Å². The molecule has 0 aromatic carbocycles. The van der Waals surface area contributed by atoms with Crippen LogP contribution < -0.4 is 0 Å². The average molecular weight is 206 g/mol. The maximum absolute atomic E-state index is 5.64. The van der Waals surface area contributed by atoms with Gasteiger partial charge in [-0.2, -0.15) is 0 Å². The van der Waals surface area contributed by atoms with E-state index in [9.17, 15) is 0 Å². The smallest absolute Gasteiger partial charge is 0.321 e. The summed E-state index contributed by atoms with van der Waals surface area (Å²) in [6, 6.07) is 1.04. The standard InChI is InChI=1S/C9H22O3Si/c1-4-6-7-11-13(5-2)12-9-8-10-3/h13H,4-9H2,1-3H3. The number of unbranched alkanes of at least 4 members (excludes halogenated alkanes) is 1. The van der Waals surface area contributed by atoms with Crippen LogP contribution in [0.4, 0.5) is 0 Å². The van der Waals surface area contributed by atoms with Crippen LogP contribution in [0, 0.1) is 0 Å². The summed E-state index contributed by atoms with van der Waals surface area (Å²) in [6.45, 7) is 6.48. The molecule has 0 aromatic rings. The molecule has 1 unspecified atom stereocenters. The summed E-state index contributed by atoms with van der Waals surface area (Å²) in [5.41, 5.74) is 0. The van der Waals surface area contributed by atoms with Gasteiger partial charge in [-0.15, -0.1) is 0 Å². The van der Waals surface area contributed by atoms with Crippen LogP contribution in [0.25, 0.3) is 0 Å². The van der Waals surface area contributed by atoms with Crippen molar-refractivity contribution in [2.75, 3.05) is 26.9 Å². The lowest BCUT2D eigenvalue weighted by Gasteiger charge is -2.14. The summed E-state index contributed by atoms with van der Waals surface area (Å²) in [5.74, 6) is 0. The van der Waals surface area contributed by atoms with E-state index in [1.807, 2.05) is 0 Å². The molecule has 0 fully saturated rings. The predicted octanol–water partition coefficient (Wildman–Crippen LogP) is 1.71. The Balaban J connectivity index is 3.28. The molecule has 0 radical (unpaired) electrons. The molecule has 0 N–H and O–H groups in total. The van der Waals surface area contributed by atoms with Gasteiger partial charge in [-0.25, -0.2) is 0 Å². The van der Waals surface area contributed by atoms with Gasteiger partial charge in [0.05, 0.1) is 13.2 Å². The van der Waals surface area contributed by atoms with Crippen LogP contribution in [0.1, 0.15) is 26.7 Å². The highest BCUT2D eigenvalue weighted by Crippen LogP contribution is 1.98. The molecule has 3 nitrogen and oxygen atoms in total. The van der Waals surface area contributed by atoms with Crippen molar-refractivity contribution in [1.82, 2.24) is 0 Å². The second-order valence-corrected chi connectivity index (χ2v) is 5.27. The molecule has 0 aliphatic heterocycles. The molecule has 4 heteroatoms. The zero-order valence-corrected chi connectivity index (χ0v) is 10.2. The van der Waals surface area contributed by atoms with Gasteiger partial charge < -0.3 is 13.6 Å². The van der Waals surface area contributed by atoms with E-state index in [1.165, 1.54) is 6.42 Å². The van der Waals surface area contributed by atoms with Crippen molar-refractivity contribution in [3.63, 3.8) is 0 Å². The molecule has 1 atom stereocenters. The first-order valence-electron chi connectivity index (χ1n) is 5.07. The average Bonchev–Trinajstić information content (AvgIpc) is 2.16. The summed E-state index contributed by atoms with van der Waals surface area (Å²) in [6.07, 6.45) is 2.32. The SMILES string of the molecule is CCCCO[SiH](CC)OCCOC. The Labute approximate surface area is 83.2 Å². The van der Waals surface area contributed by atoms with E-state index in [1.54, 1.807) is 7.11 Å². The van der Waals surface area contributed by atoms with E-state index in [0.717, 1.165) is 19.1 Å². The van der Waals surface area contributed by atoms with Crippen molar-refractivity contribution in [3.05, 3.63) is 0 Å². The summed E-state index contributed by atoms with van der Waals surface area (Å²) >= 11 is 0. The summed E-state index contributed by atoms with van der Waals surface area (Å²) in [5, 5.41) is 0. The first-order valence-corrected chi connectivity index (χ1v) is 6.83. The van der Waals surface area contributed by atoms with E-state index >= 15 is 0 Å². The van der Waals surface area contributed by atoms with Crippen molar-refractivity contribution in [3.8, 4) is 0 Å². The lowest BCUT2D eigenvalue weighted by Crippen LogP contribution is -2.24. The second-order valence-electron chi connectivity index (χ2n) is 2.93. The van der Waals surface area contributed by atoms with Crippen LogP contribution in [-0.2, 0) is 13.6 Å². The van der Waals surface area contributed by atoms with Crippen molar-refractivity contribution in [2.24, 2.45) is 0 Å². The first kappa shape index (κ1) is 13.1. The Morgan fingerprint density at radius 1 is 1.00 bits per heavy atom. The van der Waals surface area contributed by atoms with Crippen LogP contribution in [0.5, 0.6) is 0 Å². The molecule has 0 bridgehead atoms. The van der Waals surface area contributed by atoms with Gasteiger partial charge in [0.15, 0.2) is 0 Å². The van der Waals surface area contributed by atoms with Gasteiger partial charge >= 0.3 is 9.28 Å². The number of hydrogen-bond acceptors (Lipinski definition) is 3. The third kappa shape index (κ3) is 8.43. The molecule has 0 saturated heterocycles. The third-order valence-electron chi connectivity index (χ3n) is 1.73. The molecule has 0 aliphatic rings. The Morgan fingerprint density at radius 3 is 2.23 bits per heavy atom. The molecule has 0 aliphatic carbocycles. The molecular formula is C9H22O3Si. The highest BCUT2D eigenvalue weighted by molar-refractivity contribution is 6.44. The van der Waals surface area contributed by atoms with Crippen molar-refractivity contribution in [1.29, 1.82) is 0 Å². The summed E-state index contributed by atoms with van der Waals surface area (Å²) in [7, 11) is 0.328. The van der Waals surface area contributed by atoms with Gasteiger partial charge in [0.25, 0.3) is 0 Å². The minimum atomic E-state index is -1.36. The number of methoxy groups -OCH3 is 1. The topological polar surface area (TPSA) is 27.7 Å². The minimum Gasteiger partial charge on any atom is -0.397 e. The Hall–Kier alpha value is 0.0969. The highest BCUT2D eigenvalue weighted by Gasteiger charge is 2.09. The van der Waals surface area contributed by atoms with Gasteiger partial charge in [0.1, 0.15) is 0 Å². The molecule has 0 aromatic heterocycles. The molecule has 0 heterocycles. The monoisotopic (exact) mass is 206 g/mol. The van der Waals surface area contributed by atoms with Gasteiger partial charge in [0.2, 0.25) is 0 Å². The summed E-state index contributed by atoms with van der Waals surface area (Å²) in [4.78, 5) is 0. The van der Waals surface area contributed by atoms with Gasteiger partial charge in [-0.3, -0.25) is 0 Å². The zero-order chi connectivity index (χ0) is 9.94. The molecule has 0 spiro atoms. The van der Waals surface area contributed by atoms with Gasteiger partial charge in [0, 0.05) is 13.7 Å². The maximum atomic E-state index is 5.64. The quantitative estimate of drug-likeness (QED) is 0.424. The minimum absolute atomic E-state index is 0.667. The van der Waals surface area contributed by atoms with Crippen LogP contribution in [-0.4, -0.2) is 36.2 Å². The number of rotatable bonds is 9. The maximum Gasteiger partial charge on any atom is 0.321 e. The van der Waals surface area contributed by atoms with E-state index in [2.05, 4.69) is 13.8 Å². The van der Waals surface area contributed by atoms with E-state index in [4.69, 9.17) is 13.6 Å². The highest BCUT2D eigenvalue weighted by atomic mass is 28.3. The van der Waals surface area contributed by atoms with Crippen molar-refractivity contribution < 1.29 is 13.6 Å². The van der Waals surface area contributed by atoms with Crippen molar-refractivity contribution >= 4 is 9.28 Å². The fourth-order valence-corrected chi connectivity index (χ4v) is 2.26. The predicted molar refractivity (Wildman–Crippen MR) is 56.3 cm³/mol. The Morgan fingerprint density at radius 2 is 1.69 bits per heavy atom. The van der Waals surface area contributed by atoms with Crippen LogP contribution in [0.15, 0.2) is 0 Å². The van der Waals surface area contributed by atoms with Crippen LogP contribution in [0.3, 0.4) is 0 Å². The molecular weight excluding hydrogens is 184 g/mol. The van der Waals surface area contributed by atoms with Gasteiger partial charge in [-0.05, 0) is 12.5 Å². The number of hydrogen-bond donors (Lipinski definition) is 0. The Kier molecular flexibility index (Phi) is 10.3. The fourth-order valence-electron chi connectivity index (χ4n) is 0.906.